The van der Waals surface area contributed by atoms with E-state index in [4.69, 9.17) is 4.98 Å². The van der Waals surface area contributed by atoms with E-state index in [1.54, 1.807) is 7.05 Å². The fraction of sp³-hybridized carbons (Fsp3) is 0.550. The lowest BCUT2D eigenvalue weighted by molar-refractivity contribution is 0.531. The highest BCUT2D eigenvalue weighted by Gasteiger charge is 2.48. The van der Waals surface area contributed by atoms with Crippen molar-refractivity contribution in [2.75, 3.05) is 0 Å². The maximum atomic E-state index is 13.0. The molecule has 3 rings (SSSR count). The van der Waals surface area contributed by atoms with Gasteiger partial charge >= 0.3 is 0 Å². The monoisotopic (exact) mass is 386 g/mol. The van der Waals surface area contributed by atoms with Gasteiger partial charge in [0.1, 0.15) is 16.0 Å². The van der Waals surface area contributed by atoms with E-state index in [1.165, 1.54) is 4.57 Å². The normalized spacial score (nSPS) is 18.1. The summed E-state index contributed by atoms with van der Waals surface area (Å²) >= 11 is -1.25. The van der Waals surface area contributed by atoms with Crippen LogP contribution in [0.5, 0.6) is 0 Å². The van der Waals surface area contributed by atoms with Crippen molar-refractivity contribution in [1.29, 1.82) is 5.26 Å². The van der Waals surface area contributed by atoms with Gasteiger partial charge in [-0.25, -0.2) is 4.98 Å². The molecule has 27 heavy (non-hydrogen) atoms. The van der Waals surface area contributed by atoms with Crippen LogP contribution in [0.15, 0.2) is 16.9 Å². The van der Waals surface area contributed by atoms with Crippen molar-refractivity contribution in [2.24, 2.45) is 7.05 Å². The van der Waals surface area contributed by atoms with E-state index in [9.17, 15) is 14.6 Å². The first-order valence-electron chi connectivity index (χ1n) is 9.11. The third kappa shape index (κ3) is 3.49. The number of hydrogen-bond donors (Lipinski definition) is 1. The predicted molar refractivity (Wildman–Crippen MR) is 108 cm³/mol. The van der Waals surface area contributed by atoms with Gasteiger partial charge < -0.3 is 4.55 Å². The van der Waals surface area contributed by atoms with Crippen molar-refractivity contribution in [3.63, 3.8) is 0 Å². The quantitative estimate of drug-likeness (QED) is 0.816. The number of nitrogens with zero attached hydrogens (tertiary/aromatic N) is 3. The third-order valence-electron chi connectivity index (χ3n) is 5.05. The lowest BCUT2D eigenvalue weighted by Crippen LogP contribution is -2.40. The molecule has 1 aliphatic rings. The zero-order valence-electron chi connectivity index (χ0n) is 16.7. The fourth-order valence-electron chi connectivity index (χ4n) is 3.22. The lowest BCUT2D eigenvalue weighted by Gasteiger charge is -2.27. The van der Waals surface area contributed by atoms with Crippen LogP contribution in [0.3, 0.4) is 0 Å². The van der Waals surface area contributed by atoms with E-state index in [0.29, 0.717) is 16.7 Å². The molecular weight excluding hydrogens is 360 g/mol. The number of nitriles is 1. The van der Waals surface area contributed by atoms with E-state index in [2.05, 4.69) is 10.8 Å². The van der Waals surface area contributed by atoms with Crippen LogP contribution in [0, 0.1) is 18.3 Å². The van der Waals surface area contributed by atoms with Gasteiger partial charge in [0.15, 0.2) is 0 Å². The second kappa shape index (κ2) is 6.62. The second-order valence-corrected chi connectivity index (χ2v) is 10.5. The van der Waals surface area contributed by atoms with Crippen LogP contribution in [0.25, 0.3) is 10.9 Å². The van der Waals surface area contributed by atoms with Gasteiger partial charge in [-0.3, -0.25) is 9.36 Å². The Morgan fingerprint density at radius 1 is 1.41 bits per heavy atom. The smallest absolute Gasteiger partial charge is 0.261 e. The van der Waals surface area contributed by atoms with E-state index < -0.39 is 21.5 Å². The molecule has 0 radical (unpaired) electrons. The number of fused-ring (bicyclic) bond motifs is 1. The zero-order valence-corrected chi connectivity index (χ0v) is 17.5. The summed E-state index contributed by atoms with van der Waals surface area (Å²) in [5, 5.41) is 10.1. The Hall–Kier alpha value is -1.88. The van der Waals surface area contributed by atoms with Crippen molar-refractivity contribution < 1.29 is 4.55 Å². The maximum absolute atomic E-state index is 13.0. The minimum absolute atomic E-state index is 0.148. The molecule has 0 unspecified atom stereocenters. The fourth-order valence-corrected chi connectivity index (χ4v) is 4.02. The SMILES string of the molecule is Cc1cc([C@@H](C)N[S@+]([O-])C(C)(C)C)c2nc(C3(C#N)CC3)n(C)c(=O)c2c1. The van der Waals surface area contributed by atoms with Crippen molar-refractivity contribution in [3.05, 3.63) is 39.4 Å². The molecule has 0 spiro atoms. The maximum Gasteiger partial charge on any atom is 0.261 e. The molecule has 0 amide bonds. The van der Waals surface area contributed by atoms with Gasteiger partial charge in [0, 0.05) is 24.0 Å². The molecule has 1 aromatic heterocycles. The molecule has 2 aromatic rings. The van der Waals surface area contributed by atoms with Gasteiger partial charge in [-0.15, -0.1) is 4.72 Å². The average molecular weight is 387 g/mol. The van der Waals surface area contributed by atoms with Gasteiger partial charge in [0.2, 0.25) is 0 Å². The second-order valence-electron chi connectivity index (χ2n) is 8.46. The standard InChI is InChI=1S/C20H26N4O2S/c1-12-9-14(13(2)23-27(26)19(3,4)5)16-15(10-12)17(25)24(6)18(22-16)20(11-21)7-8-20/h9-10,13,23H,7-8H2,1-6H3/t13-,27-/m1/s1. The van der Waals surface area contributed by atoms with Crippen LogP contribution in [0.2, 0.25) is 0 Å². The third-order valence-corrected chi connectivity index (χ3v) is 6.73. The number of benzene rings is 1. The van der Waals surface area contributed by atoms with Gasteiger partial charge in [-0.2, -0.15) is 5.26 Å². The van der Waals surface area contributed by atoms with Crippen molar-refractivity contribution in [3.8, 4) is 6.07 Å². The summed E-state index contributed by atoms with van der Waals surface area (Å²) in [5.74, 6) is 0.525. The molecule has 144 valence electrons. The zero-order chi connectivity index (χ0) is 20.1. The van der Waals surface area contributed by atoms with Gasteiger partial charge in [-0.1, -0.05) is 6.07 Å². The minimum Gasteiger partial charge on any atom is -0.598 e. The van der Waals surface area contributed by atoms with E-state index in [0.717, 1.165) is 24.0 Å². The topological polar surface area (TPSA) is 93.8 Å². The molecule has 7 heteroatoms. The van der Waals surface area contributed by atoms with Crippen LogP contribution >= 0.6 is 0 Å². The minimum atomic E-state index is -1.25. The average Bonchev–Trinajstić information content (AvgIpc) is 3.38. The molecule has 0 aliphatic heterocycles. The molecule has 0 bridgehead atoms. The van der Waals surface area contributed by atoms with Gasteiger partial charge in [0.25, 0.3) is 5.56 Å². The van der Waals surface area contributed by atoms with Crippen LogP contribution in [-0.4, -0.2) is 18.9 Å². The Morgan fingerprint density at radius 3 is 2.56 bits per heavy atom. The summed E-state index contributed by atoms with van der Waals surface area (Å²) in [4.78, 5) is 17.8. The van der Waals surface area contributed by atoms with Crippen LogP contribution in [-0.2, 0) is 23.8 Å². The molecular formula is C20H26N4O2S. The van der Waals surface area contributed by atoms with Crippen molar-refractivity contribution in [1.82, 2.24) is 14.3 Å². The predicted octanol–water partition coefficient (Wildman–Crippen LogP) is 2.91. The van der Waals surface area contributed by atoms with Crippen LogP contribution < -0.4 is 10.3 Å². The first-order valence-corrected chi connectivity index (χ1v) is 10.3. The highest BCUT2D eigenvalue weighted by atomic mass is 32.2. The Morgan fingerprint density at radius 2 is 2.04 bits per heavy atom. The Kier molecular flexibility index (Phi) is 4.87. The van der Waals surface area contributed by atoms with Gasteiger partial charge in [-0.05, 0) is 59.1 Å². The van der Waals surface area contributed by atoms with Crippen molar-refractivity contribution in [2.45, 2.75) is 63.7 Å². The Balaban J connectivity index is 2.19. The highest BCUT2D eigenvalue weighted by Crippen LogP contribution is 2.46. The molecule has 1 N–H and O–H groups in total. The largest absolute Gasteiger partial charge is 0.598 e. The van der Waals surface area contributed by atoms with Crippen molar-refractivity contribution >= 4 is 22.3 Å². The molecule has 0 saturated heterocycles. The Bertz CT molecular complexity index is 996. The van der Waals surface area contributed by atoms with E-state index in [1.807, 2.05) is 46.8 Å². The van der Waals surface area contributed by atoms with Gasteiger partial charge in [0.05, 0.1) is 23.0 Å². The molecule has 2 atom stereocenters. The van der Waals surface area contributed by atoms with E-state index in [-0.39, 0.29) is 11.6 Å². The first-order chi connectivity index (χ1) is 12.5. The summed E-state index contributed by atoms with van der Waals surface area (Å²) in [6.45, 7) is 9.59. The lowest BCUT2D eigenvalue weighted by atomic mass is 10.0. The summed E-state index contributed by atoms with van der Waals surface area (Å²) in [6.07, 6.45) is 1.44. The molecule has 1 fully saturated rings. The number of aromatic nitrogens is 2. The number of aryl methyl sites for hydroxylation is 1. The number of nitrogens with one attached hydrogen (secondary N) is 1. The molecule has 1 saturated carbocycles. The number of rotatable bonds is 4. The van der Waals surface area contributed by atoms with Crippen LogP contribution in [0.4, 0.5) is 0 Å². The molecule has 6 nitrogen and oxygen atoms in total. The van der Waals surface area contributed by atoms with Crippen LogP contribution in [0.1, 0.15) is 63.5 Å². The molecule has 1 aliphatic carbocycles. The first kappa shape index (κ1) is 19.9. The summed E-state index contributed by atoms with van der Waals surface area (Å²) in [7, 11) is 1.68. The Labute approximate surface area is 162 Å². The summed E-state index contributed by atoms with van der Waals surface area (Å²) in [5.41, 5.74) is 1.56. The molecule has 1 aromatic carbocycles. The highest BCUT2D eigenvalue weighted by molar-refractivity contribution is 7.90. The summed E-state index contributed by atoms with van der Waals surface area (Å²) in [6, 6.07) is 5.88. The summed E-state index contributed by atoms with van der Waals surface area (Å²) < 4.78 is 16.8. The number of hydrogen-bond acceptors (Lipinski definition) is 5. The van der Waals surface area contributed by atoms with E-state index >= 15 is 0 Å². The molecule has 1 heterocycles.